The second-order valence-electron chi connectivity index (χ2n) is 4.35. The van der Waals surface area contributed by atoms with E-state index in [0.717, 1.165) is 26.1 Å². The molecule has 2 heterocycles. The molecule has 0 radical (unpaired) electrons. The molecule has 4 heteroatoms. The maximum Gasteiger partial charge on any atom is 0.0659 e. The van der Waals surface area contributed by atoms with E-state index in [1.54, 1.807) is 11.3 Å². The highest BCUT2D eigenvalue weighted by Crippen LogP contribution is 2.16. The molecule has 0 amide bonds. The Morgan fingerprint density at radius 1 is 1.60 bits per heavy atom. The van der Waals surface area contributed by atoms with Gasteiger partial charge in [-0.1, -0.05) is 0 Å². The highest BCUT2D eigenvalue weighted by atomic mass is 32.1. The van der Waals surface area contributed by atoms with E-state index in [9.17, 15) is 0 Å². The molecule has 0 spiro atoms. The van der Waals surface area contributed by atoms with Gasteiger partial charge in [0.25, 0.3) is 0 Å². The average molecular weight is 226 g/mol. The number of hydrogen-bond donors (Lipinski definition) is 2. The molecule has 1 unspecified atom stereocenters. The first-order valence-corrected chi connectivity index (χ1v) is 6.23. The lowest BCUT2D eigenvalue weighted by Gasteiger charge is -2.22. The largest absolute Gasteiger partial charge is 0.379 e. The molecular formula is C11H18N2OS. The molecule has 1 fully saturated rings. The smallest absolute Gasteiger partial charge is 0.0659 e. The highest BCUT2D eigenvalue weighted by molar-refractivity contribution is 7.08. The fourth-order valence-corrected chi connectivity index (χ4v) is 2.63. The lowest BCUT2D eigenvalue weighted by molar-refractivity contribution is 0.177. The Morgan fingerprint density at radius 2 is 2.47 bits per heavy atom. The summed E-state index contributed by atoms with van der Waals surface area (Å²) in [7, 11) is 0. The summed E-state index contributed by atoms with van der Waals surface area (Å²) >= 11 is 1.75. The van der Waals surface area contributed by atoms with Crippen LogP contribution in [0.2, 0.25) is 0 Å². The summed E-state index contributed by atoms with van der Waals surface area (Å²) in [6.45, 7) is 5.37. The molecule has 0 bridgehead atoms. The van der Waals surface area contributed by atoms with Crippen LogP contribution in [0, 0.1) is 6.92 Å². The van der Waals surface area contributed by atoms with Gasteiger partial charge in [0, 0.05) is 19.7 Å². The number of nitrogens with one attached hydrogen (secondary N) is 1. The quantitative estimate of drug-likeness (QED) is 0.812. The number of rotatable bonds is 4. The molecule has 0 aromatic carbocycles. The van der Waals surface area contributed by atoms with Gasteiger partial charge in [-0.15, -0.1) is 0 Å². The zero-order valence-electron chi connectivity index (χ0n) is 9.08. The van der Waals surface area contributed by atoms with Gasteiger partial charge < -0.3 is 15.8 Å². The molecule has 1 aliphatic heterocycles. The van der Waals surface area contributed by atoms with Crippen molar-refractivity contribution in [2.75, 3.05) is 19.8 Å². The van der Waals surface area contributed by atoms with Gasteiger partial charge in [0.1, 0.15) is 0 Å². The van der Waals surface area contributed by atoms with Crippen LogP contribution < -0.4 is 11.1 Å². The molecule has 1 aliphatic rings. The van der Waals surface area contributed by atoms with Crippen molar-refractivity contribution in [2.45, 2.75) is 25.4 Å². The topological polar surface area (TPSA) is 47.3 Å². The molecule has 1 aromatic heterocycles. The van der Waals surface area contributed by atoms with Crippen molar-refractivity contribution < 1.29 is 4.74 Å². The lowest BCUT2D eigenvalue weighted by atomic mass is 10.0. The molecule has 84 valence electrons. The molecule has 0 saturated carbocycles. The predicted octanol–water partition coefficient (Wildman–Crippen LogP) is 1.26. The normalized spacial score (nSPS) is 26.0. The monoisotopic (exact) mass is 226 g/mol. The van der Waals surface area contributed by atoms with E-state index < -0.39 is 0 Å². The van der Waals surface area contributed by atoms with E-state index in [-0.39, 0.29) is 5.54 Å². The zero-order valence-corrected chi connectivity index (χ0v) is 9.90. The van der Waals surface area contributed by atoms with Gasteiger partial charge in [-0.2, -0.15) is 11.3 Å². The predicted molar refractivity (Wildman–Crippen MR) is 63.1 cm³/mol. The SMILES string of the molecule is Cc1cscc1CNCC1(N)CCOC1. The van der Waals surface area contributed by atoms with Crippen molar-refractivity contribution in [3.8, 4) is 0 Å². The van der Waals surface area contributed by atoms with Crippen molar-refractivity contribution >= 4 is 11.3 Å². The Labute approximate surface area is 94.6 Å². The minimum Gasteiger partial charge on any atom is -0.379 e. The van der Waals surface area contributed by atoms with Crippen LogP contribution in [-0.4, -0.2) is 25.3 Å². The number of ether oxygens (including phenoxy) is 1. The molecule has 3 N–H and O–H groups in total. The first-order chi connectivity index (χ1) is 7.20. The highest BCUT2D eigenvalue weighted by Gasteiger charge is 2.29. The Hall–Kier alpha value is -0.420. The first kappa shape index (κ1) is 11.1. The molecule has 1 aromatic rings. The molecule has 1 atom stereocenters. The first-order valence-electron chi connectivity index (χ1n) is 5.29. The van der Waals surface area contributed by atoms with E-state index >= 15 is 0 Å². The van der Waals surface area contributed by atoms with Crippen LogP contribution in [-0.2, 0) is 11.3 Å². The molecule has 15 heavy (non-hydrogen) atoms. The Balaban J connectivity index is 1.77. The summed E-state index contributed by atoms with van der Waals surface area (Å²) in [5.74, 6) is 0. The summed E-state index contributed by atoms with van der Waals surface area (Å²) in [6, 6.07) is 0. The van der Waals surface area contributed by atoms with Crippen molar-refractivity contribution in [1.29, 1.82) is 0 Å². The van der Waals surface area contributed by atoms with Crippen molar-refractivity contribution in [3.05, 3.63) is 21.9 Å². The number of thiophene rings is 1. The van der Waals surface area contributed by atoms with Gasteiger partial charge in [-0.05, 0) is 35.2 Å². The summed E-state index contributed by atoms with van der Waals surface area (Å²) in [6.07, 6.45) is 0.961. The summed E-state index contributed by atoms with van der Waals surface area (Å²) < 4.78 is 5.31. The fourth-order valence-electron chi connectivity index (χ4n) is 1.78. The maximum absolute atomic E-state index is 6.15. The summed E-state index contributed by atoms with van der Waals surface area (Å²) in [4.78, 5) is 0. The van der Waals surface area contributed by atoms with Gasteiger partial charge >= 0.3 is 0 Å². The Bertz CT molecular complexity index is 318. The average Bonchev–Trinajstić information content (AvgIpc) is 2.78. The van der Waals surface area contributed by atoms with Crippen LogP contribution in [0.15, 0.2) is 10.8 Å². The van der Waals surface area contributed by atoms with Crippen molar-refractivity contribution in [2.24, 2.45) is 5.73 Å². The maximum atomic E-state index is 6.15. The van der Waals surface area contributed by atoms with E-state index in [1.165, 1.54) is 11.1 Å². The van der Waals surface area contributed by atoms with E-state index in [0.29, 0.717) is 6.61 Å². The standard InChI is InChI=1S/C11H18N2OS/c1-9-5-15-6-10(9)4-13-7-11(12)2-3-14-8-11/h5-6,13H,2-4,7-8,12H2,1H3. The van der Waals surface area contributed by atoms with Crippen LogP contribution in [0.25, 0.3) is 0 Å². The number of hydrogen-bond acceptors (Lipinski definition) is 4. The summed E-state index contributed by atoms with van der Waals surface area (Å²) in [5.41, 5.74) is 8.74. The van der Waals surface area contributed by atoms with Gasteiger partial charge in [0.2, 0.25) is 0 Å². The number of aryl methyl sites for hydroxylation is 1. The molecule has 2 rings (SSSR count). The molecule has 1 saturated heterocycles. The van der Waals surface area contributed by atoms with Crippen LogP contribution in [0.4, 0.5) is 0 Å². The zero-order chi connectivity index (χ0) is 10.7. The third kappa shape index (κ3) is 2.78. The third-order valence-corrected chi connectivity index (χ3v) is 3.80. The van der Waals surface area contributed by atoms with E-state index in [2.05, 4.69) is 23.0 Å². The van der Waals surface area contributed by atoms with E-state index in [4.69, 9.17) is 10.5 Å². The van der Waals surface area contributed by atoms with Crippen LogP contribution >= 0.6 is 11.3 Å². The molecule has 3 nitrogen and oxygen atoms in total. The van der Waals surface area contributed by atoms with Gasteiger partial charge in [-0.3, -0.25) is 0 Å². The van der Waals surface area contributed by atoms with Crippen LogP contribution in [0.3, 0.4) is 0 Å². The second kappa shape index (κ2) is 4.61. The minimum absolute atomic E-state index is 0.149. The van der Waals surface area contributed by atoms with Gasteiger partial charge in [0.05, 0.1) is 12.1 Å². The van der Waals surface area contributed by atoms with E-state index in [1.807, 2.05) is 0 Å². The van der Waals surface area contributed by atoms with Crippen molar-refractivity contribution in [1.82, 2.24) is 5.32 Å². The number of nitrogens with two attached hydrogens (primary N) is 1. The Kier molecular flexibility index (Phi) is 3.41. The molecular weight excluding hydrogens is 208 g/mol. The van der Waals surface area contributed by atoms with Gasteiger partial charge in [0.15, 0.2) is 0 Å². The minimum atomic E-state index is -0.149. The molecule has 0 aliphatic carbocycles. The van der Waals surface area contributed by atoms with Crippen molar-refractivity contribution in [3.63, 3.8) is 0 Å². The fraction of sp³-hybridized carbons (Fsp3) is 0.636. The second-order valence-corrected chi connectivity index (χ2v) is 5.09. The lowest BCUT2D eigenvalue weighted by Crippen LogP contribution is -2.49. The Morgan fingerprint density at radius 3 is 3.07 bits per heavy atom. The van der Waals surface area contributed by atoms with Crippen LogP contribution in [0.1, 0.15) is 17.5 Å². The van der Waals surface area contributed by atoms with Crippen LogP contribution in [0.5, 0.6) is 0 Å². The van der Waals surface area contributed by atoms with Gasteiger partial charge in [-0.25, -0.2) is 0 Å². The summed E-state index contributed by atoms with van der Waals surface area (Å²) in [5, 5.41) is 7.78. The third-order valence-electron chi connectivity index (χ3n) is 2.89.